The van der Waals surface area contributed by atoms with Gasteiger partial charge in [0.25, 0.3) is 0 Å². The van der Waals surface area contributed by atoms with Crippen LogP contribution in [0.1, 0.15) is 62.2 Å². The molecule has 4 nitrogen and oxygen atoms in total. The largest absolute Gasteiger partial charge is 0.322 e. The zero-order valence-electron chi connectivity index (χ0n) is 23.9. The van der Waals surface area contributed by atoms with Gasteiger partial charge in [0.15, 0.2) is 0 Å². The Hall–Kier alpha value is -2.63. The Bertz CT molecular complexity index is 1410. The minimum atomic E-state index is -3.77. The minimum absolute atomic E-state index is 0. The van der Waals surface area contributed by atoms with Gasteiger partial charge in [0, 0.05) is 19.5 Å². The van der Waals surface area contributed by atoms with Crippen LogP contribution in [0.25, 0.3) is 0 Å². The van der Waals surface area contributed by atoms with E-state index in [0.29, 0.717) is 4.90 Å². The smallest absolute Gasteiger partial charge is 0.241 e. The fourth-order valence-corrected chi connectivity index (χ4v) is 6.50. The fourth-order valence-electron chi connectivity index (χ4n) is 4.80. The van der Waals surface area contributed by atoms with E-state index >= 15 is 0 Å². The summed E-state index contributed by atoms with van der Waals surface area (Å²) >= 11 is 0. The molecule has 6 heteroatoms. The average Bonchev–Trinajstić information content (AvgIpc) is 2.86. The van der Waals surface area contributed by atoms with Gasteiger partial charge < -0.3 is 5.73 Å². The molecule has 0 saturated carbocycles. The molecule has 0 aromatic heterocycles. The number of nitrogens with one attached hydrogen (secondary N) is 1. The van der Waals surface area contributed by atoms with Crippen molar-refractivity contribution < 1.29 is 27.9 Å². The maximum absolute atomic E-state index is 13.3. The van der Waals surface area contributed by atoms with Crippen LogP contribution in [0.5, 0.6) is 0 Å². The third-order valence-electron chi connectivity index (χ3n) is 6.97. The summed E-state index contributed by atoms with van der Waals surface area (Å²) in [6, 6.07) is 26.1. The maximum atomic E-state index is 13.3. The fraction of sp³-hybridized carbons (Fsp3) is 0.273. The second-order valence-electron chi connectivity index (χ2n) is 10.2. The van der Waals surface area contributed by atoms with Crippen LogP contribution < -0.4 is 10.5 Å². The van der Waals surface area contributed by atoms with Crippen molar-refractivity contribution in [2.75, 3.05) is 0 Å². The van der Waals surface area contributed by atoms with E-state index in [1.165, 1.54) is 22.3 Å². The number of benzene rings is 4. The number of nitrogens with two attached hydrogens (primary N) is 1. The van der Waals surface area contributed by atoms with Gasteiger partial charge >= 0.3 is 0 Å². The van der Waals surface area contributed by atoms with Crippen molar-refractivity contribution >= 4 is 10.0 Å². The number of sulfonamides is 1. The van der Waals surface area contributed by atoms with Crippen LogP contribution in [0.15, 0.2) is 89.8 Å². The monoisotopic (exact) mass is 630 g/mol. The van der Waals surface area contributed by atoms with Crippen molar-refractivity contribution in [3.8, 4) is 0 Å². The summed E-state index contributed by atoms with van der Waals surface area (Å²) in [5, 5.41) is 0. The first-order valence-electron chi connectivity index (χ1n) is 12.9. The molecular formula is C33H40N2O2RuS. The molecule has 0 aliphatic heterocycles. The van der Waals surface area contributed by atoms with Crippen LogP contribution in [0, 0.1) is 48.5 Å². The number of hydrogen-bond donors (Lipinski definition) is 2. The third kappa shape index (κ3) is 8.43. The Morgan fingerprint density at radius 3 is 1.38 bits per heavy atom. The molecule has 4 rings (SSSR count). The normalized spacial score (nSPS) is 12.5. The van der Waals surface area contributed by atoms with Crippen LogP contribution in [-0.2, 0) is 29.5 Å². The molecule has 0 heterocycles. The van der Waals surface area contributed by atoms with E-state index in [4.69, 9.17) is 5.73 Å². The van der Waals surface area contributed by atoms with Gasteiger partial charge in [-0.05, 0) is 93.0 Å². The quantitative estimate of drug-likeness (QED) is 0.221. The molecule has 0 unspecified atom stereocenters. The molecule has 0 aliphatic carbocycles. The molecule has 0 radical (unpaired) electrons. The summed E-state index contributed by atoms with van der Waals surface area (Å²) in [7, 11) is -3.77. The van der Waals surface area contributed by atoms with Crippen molar-refractivity contribution in [1.82, 2.24) is 4.72 Å². The molecular weight excluding hydrogens is 590 g/mol. The average molecular weight is 630 g/mol. The van der Waals surface area contributed by atoms with Gasteiger partial charge in [0.2, 0.25) is 10.0 Å². The molecule has 3 N–H and O–H groups in total. The number of hydrogen-bond acceptors (Lipinski definition) is 3. The van der Waals surface area contributed by atoms with Gasteiger partial charge in [-0.3, -0.25) is 0 Å². The van der Waals surface area contributed by atoms with Crippen molar-refractivity contribution in [2.45, 2.75) is 65.4 Å². The topological polar surface area (TPSA) is 72.2 Å². The van der Waals surface area contributed by atoms with Gasteiger partial charge in [-0.2, -0.15) is 0 Å². The SMILES string of the molecule is Cc1cc(C)c(C)cc1C.Cc1cc(C)c(S(=O)(=O)N[C@H](c2ccccc2)[C@H](N)c2ccccc2)c(C)c1.[Ru]. The predicted molar refractivity (Wildman–Crippen MR) is 159 cm³/mol. The number of aryl methyl sites for hydroxylation is 7. The minimum Gasteiger partial charge on any atom is -0.322 e. The van der Waals surface area contributed by atoms with Gasteiger partial charge in [-0.25, -0.2) is 13.1 Å². The van der Waals surface area contributed by atoms with Crippen molar-refractivity contribution in [2.24, 2.45) is 5.73 Å². The van der Waals surface area contributed by atoms with Gasteiger partial charge in [-0.1, -0.05) is 90.5 Å². The summed E-state index contributed by atoms with van der Waals surface area (Å²) in [5.41, 5.74) is 16.3. The van der Waals surface area contributed by atoms with Crippen molar-refractivity contribution in [1.29, 1.82) is 0 Å². The molecule has 39 heavy (non-hydrogen) atoms. The van der Waals surface area contributed by atoms with Crippen molar-refractivity contribution in [3.63, 3.8) is 0 Å². The molecule has 0 spiro atoms. The van der Waals surface area contributed by atoms with Gasteiger partial charge in [0.05, 0.1) is 17.0 Å². The van der Waals surface area contributed by atoms with Crippen LogP contribution in [0.3, 0.4) is 0 Å². The zero-order chi connectivity index (χ0) is 28.0. The summed E-state index contributed by atoms with van der Waals surface area (Å²) in [6.07, 6.45) is 0. The summed E-state index contributed by atoms with van der Waals surface area (Å²) in [6.45, 7) is 14.2. The van der Waals surface area contributed by atoms with Crippen LogP contribution >= 0.6 is 0 Å². The third-order valence-corrected chi connectivity index (χ3v) is 8.71. The first-order valence-corrected chi connectivity index (χ1v) is 14.4. The van der Waals surface area contributed by atoms with E-state index < -0.39 is 22.1 Å². The van der Waals surface area contributed by atoms with E-state index in [-0.39, 0.29) is 19.5 Å². The van der Waals surface area contributed by atoms with E-state index in [9.17, 15) is 8.42 Å². The standard InChI is InChI=1S/C23H26N2O2S.C10H14.Ru/c1-16-14-17(2)23(18(3)15-16)28(26,27)25-22(20-12-8-5-9-13-20)21(24)19-10-6-4-7-11-19;1-7-5-9(3)10(4)6-8(7)2;/h4-15,21-22,25H,24H2,1-3H3;5-6H,1-4H3;/t21-,22-;;/m1../s1. The number of rotatable bonds is 6. The Morgan fingerprint density at radius 2 is 0.974 bits per heavy atom. The van der Waals surface area contributed by atoms with Crippen molar-refractivity contribution in [3.05, 3.63) is 135 Å². The first-order chi connectivity index (χ1) is 17.9. The van der Waals surface area contributed by atoms with Gasteiger partial charge in [0.1, 0.15) is 0 Å². The maximum Gasteiger partial charge on any atom is 0.241 e. The van der Waals surface area contributed by atoms with Gasteiger partial charge in [-0.15, -0.1) is 0 Å². The molecule has 0 fully saturated rings. The molecule has 4 aromatic rings. The first kappa shape index (κ1) is 32.6. The van der Waals surface area contributed by atoms with E-state index in [2.05, 4.69) is 44.5 Å². The second-order valence-corrected chi connectivity index (χ2v) is 11.8. The van der Waals surface area contributed by atoms with E-state index in [1.807, 2.05) is 93.6 Å². The van der Waals surface area contributed by atoms with Crippen LogP contribution in [0.4, 0.5) is 0 Å². The summed E-state index contributed by atoms with van der Waals surface area (Å²) in [4.78, 5) is 0.319. The Kier molecular flexibility index (Phi) is 11.8. The van der Waals surface area contributed by atoms with Crippen LogP contribution in [-0.4, -0.2) is 8.42 Å². The molecule has 0 aliphatic rings. The van der Waals surface area contributed by atoms with Crippen LogP contribution in [0.2, 0.25) is 0 Å². The zero-order valence-corrected chi connectivity index (χ0v) is 26.4. The molecule has 4 aromatic carbocycles. The molecule has 208 valence electrons. The molecule has 0 amide bonds. The summed E-state index contributed by atoms with van der Waals surface area (Å²) in [5.74, 6) is 0. The Balaban J connectivity index is 0.000000410. The van der Waals surface area contributed by atoms with E-state index in [1.54, 1.807) is 0 Å². The second kappa shape index (κ2) is 14.1. The molecule has 0 saturated heterocycles. The Morgan fingerprint density at radius 1 is 0.590 bits per heavy atom. The molecule has 0 bridgehead atoms. The Labute approximate surface area is 247 Å². The predicted octanol–water partition coefficient (Wildman–Crippen LogP) is 7.25. The van der Waals surface area contributed by atoms with E-state index in [0.717, 1.165) is 27.8 Å². The molecule has 2 atom stereocenters. The summed E-state index contributed by atoms with van der Waals surface area (Å²) < 4.78 is 29.5.